The molecule has 0 aliphatic carbocycles. The van der Waals surface area contributed by atoms with Crippen LogP contribution in [-0.4, -0.2) is 40.1 Å². The average molecular weight is 317 g/mol. The number of hydrogen-bond acceptors (Lipinski definition) is 4. The molecule has 1 atom stereocenters. The summed E-state index contributed by atoms with van der Waals surface area (Å²) in [5, 5.41) is 3.35. The number of nitrogens with two attached hydrogens (primary N) is 1. The van der Waals surface area contributed by atoms with Crippen molar-refractivity contribution in [2.24, 2.45) is 11.7 Å². The minimum Gasteiger partial charge on any atom is -0.356 e. The molecule has 22 heavy (non-hydrogen) atoms. The second-order valence-electron chi connectivity index (χ2n) is 6.19. The Bertz CT molecular complexity index is 211. The first-order valence-electron chi connectivity index (χ1n) is 9.26. The highest BCUT2D eigenvalue weighted by atomic mass is 16.7. The highest BCUT2D eigenvalue weighted by Crippen LogP contribution is 2.22. The lowest BCUT2D eigenvalue weighted by molar-refractivity contribution is -0.140. The largest absolute Gasteiger partial charge is 0.356 e. The Hall–Kier alpha value is -0.160. The van der Waals surface area contributed by atoms with Crippen LogP contribution in [-0.2, 0) is 9.47 Å². The van der Waals surface area contributed by atoms with Gasteiger partial charge in [0.25, 0.3) is 0 Å². The Morgan fingerprint density at radius 3 is 2.00 bits per heavy atom. The first-order valence-corrected chi connectivity index (χ1v) is 9.26. The van der Waals surface area contributed by atoms with E-state index in [0.29, 0.717) is 12.5 Å². The molecule has 0 heterocycles. The van der Waals surface area contributed by atoms with E-state index in [-0.39, 0.29) is 6.29 Å². The van der Waals surface area contributed by atoms with Crippen molar-refractivity contribution in [1.29, 1.82) is 0 Å². The standard InChI is InChI=1S/C18H40N2O2/c1-4-5-6-7-8-9-10-12-17(18(21-2)22-3)13-11-15-20-16-14-19/h17-18,20H,4-16,19H2,1-3H3. The Morgan fingerprint density at radius 2 is 1.41 bits per heavy atom. The molecule has 134 valence electrons. The van der Waals surface area contributed by atoms with Crippen molar-refractivity contribution in [3.8, 4) is 0 Å². The van der Waals surface area contributed by atoms with Crippen molar-refractivity contribution in [2.45, 2.75) is 77.4 Å². The van der Waals surface area contributed by atoms with E-state index in [2.05, 4.69) is 12.2 Å². The third-order valence-electron chi connectivity index (χ3n) is 4.28. The molecule has 4 nitrogen and oxygen atoms in total. The fourth-order valence-electron chi connectivity index (χ4n) is 2.98. The summed E-state index contributed by atoms with van der Waals surface area (Å²) in [6, 6.07) is 0. The zero-order chi connectivity index (χ0) is 16.5. The topological polar surface area (TPSA) is 56.5 Å². The fraction of sp³-hybridized carbons (Fsp3) is 1.00. The van der Waals surface area contributed by atoms with E-state index in [1.165, 1.54) is 51.4 Å². The number of hydrogen-bond donors (Lipinski definition) is 2. The highest BCUT2D eigenvalue weighted by molar-refractivity contribution is 4.65. The van der Waals surface area contributed by atoms with Crippen LogP contribution >= 0.6 is 0 Å². The summed E-state index contributed by atoms with van der Waals surface area (Å²) < 4.78 is 11.0. The van der Waals surface area contributed by atoms with E-state index >= 15 is 0 Å². The lowest BCUT2D eigenvalue weighted by atomic mass is 9.94. The molecule has 0 rings (SSSR count). The van der Waals surface area contributed by atoms with Gasteiger partial charge in [-0.05, 0) is 25.8 Å². The molecule has 0 aromatic heterocycles. The number of methoxy groups -OCH3 is 2. The second kappa shape index (κ2) is 17.2. The maximum Gasteiger partial charge on any atom is 0.159 e. The number of ether oxygens (including phenoxy) is 2. The molecule has 0 aliphatic rings. The summed E-state index contributed by atoms with van der Waals surface area (Å²) >= 11 is 0. The average Bonchev–Trinajstić information content (AvgIpc) is 2.54. The molecule has 0 saturated carbocycles. The van der Waals surface area contributed by atoms with Gasteiger partial charge in [-0.1, -0.05) is 51.9 Å². The summed E-state index contributed by atoms with van der Waals surface area (Å²) in [6.07, 6.45) is 12.9. The molecule has 0 aliphatic heterocycles. The third-order valence-corrected chi connectivity index (χ3v) is 4.28. The van der Waals surface area contributed by atoms with E-state index in [1.807, 2.05) is 0 Å². The monoisotopic (exact) mass is 316 g/mol. The van der Waals surface area contributed by atoms with Gasteiger partial charge in [0, 0.05) is 33.2 Å². The van der Waals surface area contributed by atoms with Gasteiger partial charge in [0.05, 0.1) is 0 Å². The molecule has 0 spiro atoms. The van der Waals surface area contributed by atoms with Gasteiger partial charge in [0.1, 0.15) is 0 Å². The Kier molecular flexibility index (Phi) is 17.1. The molecule has 0 fully saturated rings. The van der Waals surface area contributed by atoms with Gasteiger partial charge in [0.15, 0.2) is 6.29 Å². The van der Waals surface area contributed by atoms with Crippen LogP contribution < -0.4 is 11.1 Å². The van der Waals surface area contributed by atoms with Crippen molar-refractivity contribution in [1.82, 2.24) is 5.32 Å². The smallest absolute Gasteiger partial charge is 0.159 e. The van der Waals surface area contributed by atoms with Crippen molar-refractivity contribution < 1.29 is 9.47 Å². The van der Waals surface area contributed by atoms with Crippen LogP contribution in [0.25, 0.3) is 0 Å². The van der Waals surface area contributed by atoms with Crippen LogP contribution in [0.15, 0.2) is 0 Å². The molecule has 0 saturated heterocycles. The molecule has 0 amide bonds. The summed E-state index contributed by atoms with van der Waals surface area (Å²) in [4.78, 5) is 0. The first-order chi connectivity index (χ1) is 10.8. The summed E-state index contributed by atoms with van der Waals surface area (Å²) in [5.41, 5.74) is 5.48. The molecular weight excluding hydrogens is 276 g/mol. The van der Waals surface area contributed by atoms with Crippen LogP contribution in [0.2, 0.25) is 0 Å². The maximum absolute atomic E-state index is 5.49. The van der Waals surface area contributed by atoms with E-state index in [0.717, 1.165) is 25.9 Å². The number of rotatable bonds is 17. The lowest BCUT2D eigenvalue weighted by Gasteiger charge is -2.25. The van der Waals surface area contributed by atoms with Crippen LogP contribution in [0.3, 0.4) is 0 Å². The molecule has 0 radical (unpaired) electrons. The fourth-order valence-corrected chi connectivity index (χ4v) is 2.98. The van der Waals surface area contributed by atoms with Gasteiger partial charge in [-0.2, -0.15) is 0 Å². The van der Waals surface area contributed by atoms with Crippen molar-refractivity contribution >= 4 is 0 Å². The van der Waals surface area contributed by atoms with Gasteiger partial charge >= 0.3 is 0 Å². The molecule has 0 aromatic rings. The molecule has 1 unspecified atom stereocenters. The normalized spacial score (nSPS) is 13.0. The number of nitrogens with one attached hydrogen (secondary N) is 1. The van der Waals surface area contributed by atoms with Crippen LogP contribution in [0.1, 0.15) is 71.1 Å². The number of unbranched alkanes of at least 4 members (excludes halogenated alkanes) is 6. The Labute approximate surface area is 138 Å². The van der Waals surface area contributed by atoms with Crippen molar-refractivity contribution in [2.75, 3.05) is 33.9 Å². The highest BCUT2D eigenvalue weighted by Gasteiger charge is 2.19. The van der Waals surface area contributed by atoms with E-state index in [4.69, 9.17) is 15.2 Å². The van der Waals surface area contributed by atoms with Crippen molar-refractivity contribution in [3.05, 3.63) is 0 Å². The molecular formula is C18H40N2O2. The SMILES string of the molecule is CCCCCCCCCC(CCCNCCN)C(OC)OC. The molecule has 0 bridgehead atoms. The predicted octanol–water partition coefficient (Wildman–Crippen LogP) is 3.69. The minimum atomic E-state index is -0.0606. The second-order valence-corrected chi connectivity index (χ2v) is 6.19. The van der Waals surface area contributed by atoms with Crippen LogP contribution in [0.4, 0.5) is 0 Å². The van der Waals surface area contributed by atoms with E-state index in [1.54, 1.807) is 14.2 Å². The van der Waals surface area contributed by atoms with E-state index < -0.39 is 0 Å². The van der Waals surface area contributed by atoms with Gasteiger partial charge in [-0.3, -0.25) is 0 Å². The summed E-state index contributed by atoms with van der Waals surface area (Å²) in [6.45, 7) is 4.91. The van der Waals surface area contributed by atoms with Gasteiger partial charge in [-0.15, -0.1) is 0 Å². The van der Waals surface area contributed by atoms with Gasteiger partial charge in [-0.25, -0.2) is 0 Å². The third kappa shape index (κ3) is 12.4. The Balaban J connectivity index is 3.83. The Morgan fingerprint density at radius 1 is 0.818 bits per heavy atom. The summed E-state index contributed by atoms with van der Waals surface area (Å²) in [5.74, 6) is 0.505. The molecule has 4 heteroatoms. The van der Waals surface area contributed by atoms with Gasteiger partial charge < -0.3 is 20.5 Å². The minimum absolute atomic E-state index is 0.0606. The maximum atomic E-state index is 5.49. The van der Waals surface area contributed by atoms with Crippen LogP contribution in [0.5, 0.6) is 0 Å². The van der Waals surface area contributed by atoms with E-state index in [9.17, 15) is 0 Å². The van der Waals surface area contributed by atoms with Gasteiger partial charge in [0.2, 0.25) is 0 Å². The zero-order valence-electron chi connectivity index (χ0n) is 15.2. The summed E-state index contributed by atoms with van der Waals surface area (Å²) in [7, 11) is 3.50. The quantitative estimate of drug-likeness (QED) is 0.317. The molecule has 0 aromatic carbocycles. The predicted molar refractivity (Wildman–Crippen MR) is 95.1 cm³/mol. The van der Waals surface area contributed by atoms with Crippen molar-refractivity contribution in [3.63, 3.8) is 0 Å². The molecule has 3 N–H and O–H groups in total. The first kappa shape index (κ1) is 21.8. The zero-order valence-corrected chi connectivity index (χ0v) is 15.2. The lowest BCUT2D eigenvalue weighted by Crippen LogP contribution is -2.27. The van der Waals surface area contributed by atoms with Crippen LogP contribution in [0, 0.1) is 5.92 Å².